The highest BCUT2D eigenvalue weighted by molar-refractivity contribution is 5.93. The van der Waals surface area contributed by atoms with E-state index in [1.54, 1.807) is 26.0 Å². The van der Waals surface area contributed by atoms with Gasteiger partial charge in [-0.15, -0.1) is 0 Å². The number of ether oxygens (including phenoxy) is 2. The number of rotatable bonds is 5. The summed E-state index contributed by atoms with van der Waals surface area (Å²) in [5, 5.41) is 31.6. The van der Waals surface area contributed by atoms with Crippen LogP contribution >= 0.6 is 0 Å². The zero-order valence-corrected chi connectivity index (χ0v) is 19.3. The summed E-state index contributed by atoms with van der Waals surface area (Å²) in [6, 6.07) is 6.16. The minimum Gasteiger partial charge on any atom is -0.508 e. The van der Waals surface area contributed by atoms with Crippen molar-refractivity contribution in [3.63, 3.8) is 0 Å². The SMILES string of the molecule is CO[C@H]1c2c(c(CC=C(C)C)c(O)c3c(=O)c(-c4ccc(O)cc4)coc23)O[C@@H]1C(C)(C)O. The molecule has 0 saturated carbocycles. The number of hydrogen-bond acceptors (Lipinski definition) is 7. The Morgan fingerprint density at radius 2 is 1.85 bits per heavy atom. The predicted octanol–water partition coefficient (Wildman–Crippen LogP) is 4.60. The Hall–Kier alpha value is -3.29. The van der Waals surface area contributed by atoms with E-state index in [1.807, 2.05) is 19.9 Å². The van der Waals surface area contributed by atoms with Gasteiger partial charge >= 0.3 is 0 Å². The summed E-state index contributed by atoms with van der Waals surface area (Å²) in [6.45, 7) is 7.11. The van der Waals surface area contributed by atoms with Crippen LogP contribution in [0.3, 0.4) is 0 Å². The summed E-state index contributed by atoms with van der Waals surface area (Å²) in [7, 11) is 1.50. The zero-order chi connectivity index (χ0) is 24.1. The second-order valence-electron chi connectivity index (χ2n) is 9.13. The van der Waals surface area contributed by atoms with Crippen molar-refractivity contribution in [2.75, 3.05) is 7.11 Å². The van der Waals surface area contributed by atoms with Gasteiger partial charge in [0.05, 0.1) is 16.7 Å². The van der Waals surface area contributed by atoms with E-state index in [0.717, 1.165) is 5.57 Å². The van der Waals surface area contributed by atoms with E-state index in [0.29, 0.717) is 28.9 Å². The number of aromatic hydroxyl groups is 2. The Kier molecular flexibility index (Phi) is 5.72. The van der Waals surface area contributed by atoms with Crippen LogP contribution in [0.1, 0.15) is 44.9 Å². The van der Waals surface area contributed by atoms with Gasteiger partial charge in [0.15, 0.2) is 11.7 Å². The fourth-order valence-corrected chi connectivity index (χ4v) is 4.23. The lowest BCUT2D eigenvalue weighted by atomic mass is 9.91. The Morgan fingerprint density at radius 3 is 2.42 bits per heavy atom. The van der Waals surface area contributed by atoms with Gasteiger partial charge in [0.1, 0.15) is 35.0 Å². The first-order valence-corrected chi connectivity index (χ1v) is 10.7. The third-order valence-corrected chi connectivity index (χ3v) is 5.93. The molecule has 1 aliphatic rings. The standard InChI is InChI=1S/C26H28O7/c1-13(2)6-11-16-20(28)18-21(29)17(14-7-9-15(27)10-8-14)12-32-23(18)19-22(16)33-25(24(19)31-5)26(3,4)30/h6-10,12,24-25,27-28,30H,11H2,1-5H3/t24-,25-/m0/s1. The molecule has 0 aliphatic carbocycles. The maximum atomic E-state index is 13.6. The van der Waals surface area contributed by atoms with Crippen LogP contribution in [0.4, 0.5) is 0 Å². The second-order valence-corrected chi connectivity index (χ2v) is 9.13. The van der Waals surface area contributed by atoms with Gasteiger partial charge in [-0.2, -0.15) is 0 Å². The number of aliphatic hydroxyl groups is 1. The maximum Gasteiger partial charge on any atom is 0.204 e. The largest absolute Gasteiger partial charge is 0.508 e. The smallest absolute Gasteiger partial charge is 0.204 e. The molecule has 0 fully saturated rings. The number of phenols is 2. The van der Waals surface area contributed by atoms with Crippen LogP contribution in [-0.4, -0.2) is 34.1 Å². The molecule has 0 saturated heterocycles. The summed E-state index contributed by atoms with van der Waals surface area (Å²) in [6.07, 6.45) is 2.10. The van der Waals surface area contributed by atoms with Gasteiger partial charge in [0.2, 0.25) is 5.43 Å². The van der Waals surface area contributed by atoms with Crippen molar-refractivity contribution in [1.82, 2.24) is 0 Å². The van der Waals surface area contributed by atoms with Gasteiger partial charge in [-0.3, -0.25) is 4.79 Å². The minimum absolute atomic E-state index is 0.0264. The number of phenolic OH excluding ortho intramolecular Hbond substituents is 2. The first-order chi connectivity index (χ1) is 15.5. The van der Waals surface area contributed by atoms with Gasteiger partial charge in [0, 0.05) is 12.7 Å². The molecule has 0 radical (unpaired) electrons. The molecule has 0 unspecified atom stereocenters. The molecule has 7 heteroatoms. The lowest BCUT2D eigenvalue weighted by Gasteiger charge is -2.29. The Bertz CT molecular complexity index is 1290. The molecule has 1 aliphatic heterocycles. The highest BCUT2D eigenvalue weighted by Gasteiger charge is 2.47. The average Bonchev–Trinajstić information content (AvgIpc) is 3.14. The molecule has 174 valence electrons. The van der Waals surface area contributed by atoms with Gasteiger partial charge in [-0.25, -0.2) is 0 Å². The van der Waals surface area contributed by atoms with Crippen LogP contribution < -0.4 is 10.2 Å². The number of allylic oxidation sites excluding steroid dienone is 2. The van der Waals surface area contributed by atoms with Gasteiger partial charge in [0.25, 0.3) is 0 Å². The van der Waals surface area contributed by atoms with Crippen molar-refractivity contribution < 1.29 is 29.2 Å². The number of benzene rings is 2. The van der Waals surface area contributed by atoms with E-state index in [9.17, 15) is 20.1 Å². The van der Waals surface area contributed by atoms with E-state index < -0.39 is 23.2 Å². The van der Waals surface area contributed by atoms with E-state index >= 15 is 0 Å². The summed E-state index contributed by atoms with van der Waals surface area (Å²) in [5.41, 5.74) is 1.24. The summed E-state index contributed by atoms with van der Waals surface area (Å²) >= 11 is 0. The van der Waals surface area contributed by atoms with Crippen molar-refractivity contribution in [1.29, 1.82) is 0 Å². The molecule has 3 aromatic rings. The number of fused-ring (bicyclic) bond motifs is 3. The van der Waals surface area contributed by atoms with E-state index in [2.05, 4.69) is 0 Å². The monoisotopic (exact) mass is 452 g/mol. The average molecular weight is 453 g/mol. The van der Waals surface area contributed by atoms with Crippen LogP contribution in [-0.2, 0) is 11.2 Å². The van der Waals surface area contributed by atoms with Crippen molar-refractivity contribution in [2.45, 2.75) is 51.9 Å². The molecule has 2 atom stereocenters. The summed E-state index contributed by atoms with van der Waals surface area (Å²) < 4.78 is 17.8. The van der Waals surface area contributed by atoms with Crippen LogP contribution in [0.5, 0.6) is 17.2 Å². The van der Waals surface area contributed by atoms with Crippen LogP contribution in [0.15, 0.2) is 51.4 Å². The van der Waals surface area contributed by atoms with Gasteiger partial charge in [-0.1, -0.05) is 23.8 Å². The van der Waals surface area contributed by atoms with Crippen molar-refractivity contribution in [2.24, 2.45) is 0 Å². The van der Waals surface area contributed by atoms with E-state index in [1.165, 1.54) is 25.5 Å². The fourth-order valence-electron chi connectivity index (χ4n) is 4.23. The predicted molar refractivity (Wildman–Crippen MR) is 125 cm³/mol. The second kappa shape index (κ2) is 8.24. The molecule has 0 amide bonds. The molecule has 2 heterocycles. The van der Waals surface area contributed by atoms with E-state index in [-0.39, 0.29) is 28.0 Å². The van der Waals surface area contributed by atoms with Crippen molar-refractivity contribution in [3.8, 4) is 28.4 Å². The lowest BCUT2D eigenvalue weighted by Crippen LogP contribution is -2.42. The number of hydrogen-bond donors (Lipinski definition) is 3. The van der Waals surface area contributed by atoms with Gasteiger partial charge < -0.3 is 29.2 Å². The topological polar surface area (TPSA) is 109 Å². The molecule has 0 spiro atoms. The number of methoxy groups -OCH3 is 1. The zero-order valence-electron chi connectivity index (χ0n) is 19.3. The lowest BCUT2D eigenvalue weighted by molar-refractivity contribution is -0.0883. The Balaban J connectivity index is 2.05. The third-order valence-electron chi connectivity index (χ3n) is 5.93. The maximum absolute atomic E-state index is 13.6. The molecule has 3 N–H and O–H groups in total. The molecule has 0 bridgehead atoms. The van der Waals surface area contributed by atoms with Crippen molar-refractivity contribution >= 4 is 11.0 Å². The molecule has 7 nitrogen and oxygen atoms in total. The first kappa shape index (κ1) is 22.9. The third kappa shape index (κ3) is 3.87. The molecular weight excluding hydrogens is 424 g/mol. The minimum atomic E-state index is -1.26. The van der Waals surface area contributed by atoms with Crippen LogP contribution in [0.25, 0.3) is 22.1 Å². The summed E-state index contributed by atoms with van der Waals surface area (Å²) in [5.74, 6) is 0.213. The van der Waals surface area contributed by atoms with Crippen LogP contribution in [0.2, 0.25) is 0 Å². The normalized spacial score (nSPS) is 17.6. The molecule has 4 rings (SSSR count). The Labute approximate surface area is 191 Å². The Morgan fingerprint density at radius 1 is 1.18 bits per heavy atom. The summed E-state index contributed by atoms with van der Waals surface area (Å²) in [4.78, 5) is 13.6. The van der Waals surface area contributed by atoms with Crippen LogP contribution in [0, 0.1) is 0 Å². The molecule has 2 aromatic carbocycles. The van der Waals surface area contributed by atoms with Crippen molar-refractivity contribution in [3.05, 3.63) is 63.5 Å². The first-order valence-electron chi connectivity index (χ1n) is 10.7. The molecule has 33 heavy (non-hydrogen) atoms. The highest BCUT2D eigenvalue weighted by Crippen LogP contribution is 2.51. The molecular formula is C26H28O7. The van der Waals surface area contributed by atoms with Gasteiger partial charge in [-0.05, 0) is 51.8 Å². The molecule has 1 aromatic heterocycles. The highest BCUT2D eigenvalue weighted by atomic mass is 16.6. The van der Waals surface area contributed by atoms with E-state index in [4.69, 9.17) is 13.9 Å². The fraction of sp³-hybridized carbons (Fsp3) is 0.346. The quantitative estimate of drug-likeness (QED) is 0.486.